The molecule has 0 saturated carbocycles. The molecular weight excluding hydrogens is 304 g/mol. The van der Waals surface area contributed by atoms with Crippen molar-refractivity contribution in [3.63, 3.8) is 0 Å². The average Bonchev–Trinajstić information content (AvgIpc) is 2.82. The third kappa shape index (κ3) is 2.83. The molecule has 0 fully saturated rings. The van der Waals surface area contributed by atoms with Crippen LogP contribution in [0, 0.1) is 0 Å². The van der Waals surface area contributed by atoms with Crippen molar-refractivity contribution in [3.8, 4) is 0 Å². The molecule has 0 spiro atoms. The summed E-state index contributed by atoms with van der Waals surface area (Å²) >= 11 is 4.70. The van der Waals surface area contributed by atoms with Gasteiger partial charge in [0.1, 0.15) is 11.6 Å². The average molecular weight is 313 g/mol. The molecule has 2 rings (SSSR count). The quantitative estimate of drug-likeness (QED) is 0.699. The highest BCUT2D eigenvalue weighted by molar-refractivity contribution is 9.10. The Balaban J connectivity index is 2.07. The van der Waals surface area contributed by atoms with Crippen LogP contribution in [0.2, 0.25) is 0 Å². The molecule has 1 aromatic heterocycles. The lowest BCUT2D eigenvalue weighted by Crippen LogP contribution is -2.07. The first kappa shape index (κ1) is 12.1. The fourth-order valence-corrected chi connectivity index (χ4v) is 2.19. The van der Waals surface area contributed by atoms with E-state index >= 15 is 0 Å². The summed E-state index contributed by atoms with van der Waals surface area (Å²) in [5.41, 5.74) is 6.61. The number of rotatable bonds is 3. The number of halogens is 1. The Hall–Kier alpha value is -1.40. The van der Waals surface area contributed by atoms with E-state index in [2.05, 4.69) is 20.9 Å². The third-order valence-electron chi connectivity index (χ3n) is 2.06. The molecule has 88 valence electrons. The molecule has 0 bridgehead atoms. The van der Waals surface area contributed by atoms with Crippen LogP contribution in [0.3, 0.4) is 0 Å². The summed E-state index contributed by atoms with van der Waals surface area (Å²) in [5, 5.41) is 2.60. The lowest BCUT2D eigenvalue weighted by molar-refractivity contribution is 0.0471. The number of anilines is 1. The molecule has 6 heteroatoms. The number of carbonyl (C=O) groups is 1. The molecule has 0 atom stereocenters. The fraction of sp³-hybridized carbons (Fsp3) is 0.0909. The molecule has 2 aromatic rings. The van der Waals surface area contributed by atoms with E-state index in [1.165, 1.54) is 11.3 Å². The van der Waals surface area contributed by atoms with Gasteiger partial charge in [0.05, 0.1) is 10.0 Å². The zero-order valence-electron chi connectivity index (χ0n) is 8.72. The summed E-state index contributed by atoms with van der Waals surface area (Å²) in [4.78, 5) is 15.8. The predicted molar refractivity (Wildman–Crippen MR) is 69.8 cm³/mol. The standard InChI is InChI=1S/C11H9BrN2O2S/c12-10-7(2-1-3-8(10)13)11(15)16-6-9-14-4-5-17-9/h1-5H,6,13H2. The number of nitrogens with zero attached hydrogens (tertiary/aromatic N) is 1. The Morgan fingerprint density at radius 2 is 2.35 bits per heavy atom. The summed E-state index contributed by atoms with van der Waals surface area (Å²) in [6, 6.07) is 5.08. The molecule has 4 nitrogen and oxygen atoms in total. The minimum Gasteiger partial charge on any atom is -0.455 e. The van der Waals surface area contributed by atoms with E-state index in [-0.39, 0.29) is 6.61 Å². The van der Waals surface area contributed by atoms with Gasteiger partial charge in [-0.1, -0.05) is 6.07 Å². The maximum absolute atomic E-state index is 11.8. The van der Waals surface area contributed by atoms with Crippen molar-refractivity contribution in [2.45, 2.75) is 6.61 Å². The second-order valence-electron chi connectivity index (χ2n) is 3.21. The smallest absolute Gasteiger partial charge is 0.339 e. The maximum Gasteiger partial charge on any atom is 0.339 e. The molecule has 0 saturated heterocycles. The van der Waals surface area contributed by atoms with Crippen molar-refractivity contribution < 1.29 is 9.53 Å². The van der Waals surface area contributed by atoms with Crippen molar-refractivity contribution in [1.29, 1.82) is 0 Å². The second kappa shape index (κ2) is 5.29. The number of thiazole rings is 1. The molecule has 0 aliphatic heterocycles. The van der Waals surface area contributed by atoms with E-state index in [1.54, 1.807) is 24.4 Å². The van der Waals surface area contributed by atoms with Crippen LogP contribution in [0.1, 0.15) is 15.4 Å². The van der Waals surface area contributed by atoms with E-state index in [0.717, 1.165) is 5.01 Å². The molecule has 0 aliphatic carbocycles. The second-order valence-corrected chi connectivity index (χ2v) is 4.98. The van der Waals surface area contributed by atoms with E-state index in [9.17, 15) is 4.79 Å². The van der Waals surface area contributed by atoms with Crippen molar-refractivity contribution in [2.75, 3.05) is 5.73 Å². The summed E-state index contributed by atoms with van der Waals surface area (Å²) in [6.07, 6.45) is 1.67. The first-order valence-electron chi connectivity index (χ1n) is 4.78. The van der Waals surface area contributed by atoms with Crippen molar-refractivity contribution >= 4 is 38.9 Å². The van der Waals surface area contributed by atoms with Gasteiger partial charge in [-0.05, 0) is 28.1 Å². The van der Waals surface area contributed by atoms with Crippen LogP contribution in [0.5, 0.6) is 0 Å². The number of esters is 1. The highest BCUT2D eigenvalue weighted by atomic mass is 79.9. The number of hydrogen-bond acceptors (Lipinski definition) is 5. The normalized spacial score (nSPS) is 10.2. The highest BCUT2D eigenvalue weighted by Gasteiger charge is 2.13. The highest BCUT2D eigenvalue weighted by Crippen LogP contribution is 2.24. The first-order chi connectivity index (χ1) is 8.18. The maximum atomic E-state index is 11.8. The van der Waals surface area contributed by atoms with Crippen LogP contribution in [0.4, 0.5) is 5.69 Å². The molecule has 1 aromatic carbocycles. The van der Waals surface area contributed by atoms with Gasteiger partial charge in [0.25, 0.3) is 0 Å². The van der Waals surface area contributed by atoms with Gasteiger partial charge in [0, 0.05) is 17.3 Å². The molecular formula is C11H9BrN2O2S. The number of benzene rings is 1. The zero-order chi connectivity index (χ0) is 12.3. The van der Waals surface area contributed by atoms with Crippen molar-refractivity contribution in [1.82, 2.24) is 4.98 Å². The van der Waals surface area contributed by atoms with Crippen LogP contribution < -0.4 is 5.73 Å². The Bertz CT molecular complexity index is 528. The van der Waals surface area contributed by atoms with Gasteiger partial charge in [-0.2, -0.15) is 0 Å². The SMILES string of the molecule is Nc1cccc(C(=O)OCc2nccs2)c1Br. The third-order valence-corrected chi connectivity index (χ3v) is 3.70. The van der Waals surface area contributed by atoms with Crippen molar-refractivity contribution in [2.24, 2.45) is 0 Å². The zero-order valence-corrected chi connectivity index (χ0v) is 11.1. The fourth-order valence-electron chi connectivity index (χ4n) is 1.24. The van der Waals surface area contributed by atoms with Crippen LogP contribution in [0.15, 0.2) is 34.2 Å². The summed E-state index contributed by atoms with van der Waals surface area (Å²) in [7, 11) is 0. The Morgan fingerprint density at radius 3 is 3.06 bits per heavy atom. The van der Waals surface area contributed by atoms with Gasteiger partial charge in [-0.3, -0.25) is 0 Å². The number of ether oxygens (including phenoxy) is 1. The summed E-state index contributed by atoms with van der Waals surface area (Å²) < 4.78 is 5.69. The molecule has 2 N–H and O–H groups in total. The topological polar surface area (TPSA) is 65.2 Å². The van der Waals surface area contributed by atoms with Gasteiger partial charge in [0.2, 0.25) is 0 Å². The number of nitrogens with two attached hydrogens (primary N) is 1. The lowest BCUT2D eigenvalue weighted by atomic mass is 10.2. The molecule has 0 amide bonds. The largest absolute Gasteiger partial charge is 0.455 e. The first-order valence-corrected chi connectivity index (χ1v) is 6.45. The number of nitrogen functional groups attached to an aromatic ring is 1. The van der Waals surface area contributed by atoms with Gasteiger partial charge >= 0.3 is 5.97 Å². The van der Waals surface area contributed by atoms with Gasteiger partial charge < -0.3 is 10.5 Å². The Morgan fingerprint density at radius 1 is 1.53 bits per heavy atom. The van der Waals surface area contributed by atoms with E-state index in [0.29, 0.717) is 15.7 Å². The van der Waals surface area contributed by atoms with Crippen LogP contribution >= 0.6 is 27.3 Å². The lowest BCUT2D eigenvalue weighted by Gasteiger charge is -2.06. The monoisotopic (exact) mass is 312 g/mol. The van der Waals surface area contributed by atoms with E-state index in [4.69, 9.17) is 10.5 Å². The molecule has 17 heavy (non-hydrogen) atoms. The van der Waals surface area contributed by atoms with Gasteiger partial charge in [-0.25, -0.2) is 9.78 Å². The molecule has 1 heterocycles. The van der Waals surface area contributed by atoms with Gasteiger partial charge in [0.15, 0.2) is 0 Å². The van der Waals surface area contributed by atoms with Crippen molar-refractivity contribution in [3.05, 3.63) is 44.8 Å². The van der Waals surface area contributed by atoms with Crippen LogP contribution in [-0.2, 0) is 11.3 Å². The van der Waals surface area contributed by atoms with Crippen LogP contribution in [0.25, 0.3) is 0 Å². The predicted octanol–water partition coefficient (Wildman–Crippen LogP) is 2.84. The Kier molecular flexibility index (Phi) is 3.75. The molecule has 0 aliphatic rings. The number of hydrogen-bond donors (Lipinski definition) is 1. The summed E-state index contributed by atoms with van der Waals surface area (Å²) in [5.74, 6) is -0.417. The minimum absolute atomic E-state index is 0.178. The number of carbonyl (C=O) groups excluding carboxylic acids is 1. The van der Waals surface area contributed by atoms with Gasteiger partial charge in [-0.15, -0.1) is 11.3 Å². The number of aromatic nitrogens is 1. The Labute approximate surface area is 111 Å². The molecule has 0 unspecified atom stereocenters. The van der Waals surface area contributed by atoms with E-state index < -0.39 is 5.97 Å². The van der Waals surface area contributed by atoms with E-state index in [1.807, 2.05) is 5.38 Å². The van der Waals surface area contributed by atoms with Crippen LogP contribution in [-0.4, -0.2) is 11.0 Å². The summed E-state index contributed by atoms with van der Waals surface area (Å²) in [6.45, 7) is 0.178. The minimum atomic E-state index is -0.417. The molecule has 0 radical (unpaired) electrons.